The molecule has 0 N–H and O–H groups in total. The van der Waals surface area contributed by atoms with Gasteiger partial charge in [-0.05, 0) is 30.2 Å². The molecule has 7 heteroatoms. The number of fused-ring (bicyclic) bond motifs is 3. The van der Waals surface area contributed by atoms with Crippen molar-refractivity contribution >= 4 is 11.0 Å². The Kier molecular flexibility index (Phi) is 7.77. The summed E-state index contributed by atoms with van der Waals surface area (Å²) in [6, 6.07) is 15.6. The molecule has 0 saturated carbocycles. The van der Waals surface area contributed by atoms with Crippen LogP contribution in [0.3, 0.4) is 0 Å². The van der Waals surface area contributed by atoms with Crippen LogP contribution >= 0.6 is 0 Å². The zero-order valence-electron chi connectivity index (χ0n) is 18.4. The van der Waals surface area contributed by atoms with Crippen molar-refractivity contribution in [1.82, 2.24) is 4.90 Å². The quantitative estimate of drug-likeness (QED) is 0.567. The molecular formula is C25H29NO6. The second-order valence-electron chi connectivity index (χ2n) is 7.70. The van der Waals surface area contributed by atoms with Gasteiger partial charge in [-0.15, -0.1) is 0 Å². The molecule has 0 saturated heterocycles. The minimum Gasteiger partial charge on any atom is -0.487 e. The largest absolute Gasteiger partial charge is 0.487 e. The van der Waals surface area contributed by atoms with Crippen LogP contribution in [0.15, 0.2) is 57.7 Å². The molecule has 2 aromatic carbocycles. The van der Waals surface area contributed by atoms with E-state index in [1.165, 1.54) is 11.6 Å². The van der Waals surface area contributed by atoms with Crippen LogP contribution in [0, 0.1) is 6.92 Å². The average Bonchev–Trinajstić information content (AvgIpc) is 2.79. The van der Waals surface area contributed by atoms with Gasteiger partial charge in [0.25, 0.3) is 0 Å². The fraction of sp³-hybridized carbons (Fsp3) is 0.400. The predicted octanol–water partition coefficient (Wildman–Crippen LogP) is 3.41. The summed E-state index contributed by atoms with van der Waals surface area (Å²) < 4.78 is 28.9. The third-order valence-corrected chi connectivity index (χ3v) is 5.35. The molecule has 3 aromatic rings. The summed E-state index contributed by atoms with van der Waals surface area (Å²) in [5, 5.41) is 0.818. The van der Waals surface area contributed by atoms with Crippen molar-refractivity contribution in [3.63, 3.8) is 0 Å². The molecule has 4 rings (SSSR count). The number of nitrogens with zero attached hydrogens (tertiary/aromatic N) is 1. The zero-order chi connectivity index (χ0) is 22.2. The summed E-state index contributed by atoms with van der Waals surface area (Å²) in [5.74, 6) is 0.947. The Morgan fingerprint density at radius 3 is 2.31 bits per heavy atom. The van der Waals surface area contributed by atoms with Gasteiger partial charge in [0, 0.05) is 31.1 Å². The van der Waals surface area contributed by atoms with Crippen molar-refractivity contribution in [2.75, 3.05) is 52.7 Å². The molecule has 0 fully saturated rings. The lowest BCUT2D eigenvalue weighted by Crippen LogP contribution is -2.31. The molecule has 0 aliphatic carbocycles. The minimum absolute atomic E-state index is 0.322. The first-order valence-electron chi connectivity index (χ1n) is 11.0. The van der Waals surface area contributed by atoms with Crippen LogP contribution in [0.4, 0.5) is 0 Å². The van der Waals surface area contributed by atoms with Gasteiger partial charge in [-0.2, -0.15) is 0 Å². The monoisotopic (exact) mass is 439 g/mol. The van der Waals surface area contributed by atoms with Gasteiger partial charge in [0.2, 0.25) is 5.75 Å². The molecule has 0 bridgehead atoms. The molecular weight excluding hydrogens is 410 g/mol. The maximum absolute atomic E-state index is 11.9. The first-order valence-corrected chi connectivity index (χ1v) is 11.0. The Labute approximate surface area is 187 Å². The van der Waals surface area contributed by atoms with E-state index in [4.69, 9.17) is 23.4 Å². The Bertz CT molecular complexity index is 1070. The third-order valence-electron chi connectivity index (χ3n) is 5.35. The lowest BCUT2D eigenvalue weighted by molar-refractivity contribution is 0.0575. The van der Waals surface area contributed by atoms with E-state index in [9.17, 15) is 4.79 Å². The van der Waals surface area contributed by atoms with Crippen LogP contribution in [0.25, 0.3) is 11.0 Å². The average molecular weight is 440 g/mol. The topological polar surface area (TPSA) is 70.4 Å². The summed E-state index contributed by atoms with van der Waals surface area (Å²) in [7, 11) is 0. The van der Waals surface area contributed by atoms with E-state index in [2.05, 4.69) is 29.2 Å². The van der Waals surface area contributed by atoms with Crippen molar-refractivity contribution in [3.05, 3.63) is 70.1 Å². The van der Waals surface area contributed by atoms with E-state index in [1.54, 1.807) is 0 Å². The fourth-order valence-electron chi connectivity index (χ4n) is 3.71. The van der Waals surface area contributed by atoms with Crippen LogP contribution in [0.5, 0.6) is 11.5 Å². The van der Waals surface area contributed by atoms with E-state index < -0.39 is 5.63 Å². The molecule has 0 spiro atoms. The highest BCUT2D eigenvalue weighted by Crippen LogP contribution is 2.36. The van der Waals surface area contributed by atoms with E-state index >= 15 is 0 Å². The predicted molar refractivity (Wildman–Crippen MR) is 122 cm³/mol. The molecule has 0 radical (unpaired) electrons. The molecule has 1 aromatic heterocycles. The van der Waals surface area contributed by atoms with Crippen molar-refractivity contribution in [3.8, 4) is 11.5 Å². The van der Waals surface area contributed by atoms with Gasteiger partial charge in [-0.1, -0.05) is 30.3 Å². The number of hydrogen-bond acceptors (Lipinski definition) is 7. The van der Waals surface area contributed by atoms with Gasteiger partial charge < -0.3 is 23.4 Å². The van der Waals surface area contributed by atoms with Gasteiger partial charge in [0.15, 0.2) is 11.3 Å². The molecule has 0 unspecified atom stereocenters. The van der Waals surface area contributed by atoms with Gasteiger partial charge in [-0.25, -0.2) is 4.79 Å². The Hall–Kier alpha value is -2.87. The minimum atomic E-state index is -0.416. The fourth-order valence-corrected chi connectivity index (χ4v) is 3.71. The number of ether oxygens (including phenoxy) is 4. The normalized spacial score (nSPS) is 16.9. The molecule has 32 heavy (non-hydrogen) atoms. The molecule has 7 nitrogen and oxygen atoms in total. The smallest absolute Gasteiger partial charge is 0.336 e. The van der Waals surface area contributed by atoms with Crippen molar-refractivity contribution in [1.29, 1.82) is 0 Å². The molecule has 2 heterocycles. The van der Waals surface area contributed by atoms with E-state index in [0.29, 0.717) is 56.7 Å². The second kappa shape index (κ2) is 11.1. The van der Waals surface area contributed by atoms with Crippen molar-refractivity contribution in [2.45, 2.75) is 13.5 Å². The summed E-state index contributed by atoms with van der Waals surface area (Å²) in [6.07, 6.45) is 0. The second-order valence-corrected chi connectivity index (χ2v) is 7.70. The number of aryl methyl sites for hydroxylation is 1. The maximum atomic E-state index is 11.9. The van der Waals surface area contributed by atoms with E-state index in [0.717, 1.165) is 30.6 Å². The molecule has 0 atom stereocenters. The first-order chi connectivity index (χ1) is 15.7. The van der Waals surface area contributed by atoms with Gasteiger partial charge in [0.1, 0.15) is 13.2 Å². The van der Waals surface area contributed by atoms with Gasteiger partial charge in [0.05, 0.1) is 26.4 Å². The van der Waals surface area contributed by atoms with Gasteiger partial charge >= 0.3 is 5.63 Å². The highest BCUT2D eigenvalue weighted by Gasteiger charge is 2.16. The van der Waals surface area contributed by atoms with Gasteiger partial charge in [-0.3, -0.25) is 4.90 Å². The van der Waals surface area contributed by atoms with Crippen molar-refractivity contribution in [2.24, 2.45) is 0 Å². The lowest BCUT2D eigenvalue weighted by Gasteiger charge is -2.22. The molecule has 1 aliphatic heterocycles. The molecule has 0 amide bonds. The lowest BCUT2D eigenvalue weighted by atomic mass is 10.1. The van der Waals surface area contributed by atoms with Crippen molar-refractivity contribution < 1.29 is 23.4 Å². The Morgan fingerprint density at radius 2 is 1.56 bits per heavy atom. The van der Waals surface area contributed by atoms with Crippen LogP contribution < -0.4 is 15.1 Å². The van der Waals surface area contributed by atoms with Crippen LogP contribution in [0.2, 0.25) is 0 Å². The van der Waals surface area contributed by atoms with Crippen LogP contribution in [-0.4, -0.2) is 57.6 Å². The number of benzene rings is 2. The zero-order valence-corrected chi connectivity index (χ0v) is 18.4. The van der Waals surface area contributed by atoms with Crippen LogP contribution in [-0.2, 0) is 16.0 Å². The van der Waals surface area contributed by atoms with Crippen LogP contribution in [0.1, 0.15) is 11.1 Å². The van der Waals surface area contributed by atoms with E-state index in [-0.39, 0.29) is 0 Å². The Morgan fingerprint density at radius 1 is 0.844 bits per heavy atom. The molecule has 170 valence electrons. The highest BCUT2D eigenvalue weighted by molar-refractivity contribution is 5.87. The standard InChI is InChI=1S/C25H29NO6/c1-19-17-23(27)32-24-21(19)7-8-22-25(24)31-16-14-29-12-10-26(9-11-28-13-15-30-22)18-20-5-3-2-4-6-20/h2-8,17H,9-16,18H2,1H3. The first kappa shape index (κ1) is 22.3. The number of hydrogen-bond donors (Lipinski definition) is 0. The highest BCUT2D eigenvalue weighted by atomic mass is 16.6. The molecule has 1 aliphatic rings. The third kappa shape index (κ3) is 5.88. The summed E-state index contributed by atoms with van der Waals surface area (Å²) in [5.41, 5.74) is 2.07. The number of rotatable bonds is 2. The summed E-state index contributed by atoms with van der Waals surface area (Å²) in [4.78, 5) is 14.3. The van der Waals surface area contributed by atoms with E-state index in [1.807, 2.05) is 25.1 Å². The SMILES string of the molecule is Cc1cc(=O)oc2c3c(ccc12)OCCOCCN(Cc1ccccc1)CCOCCO3. The summed E-state index contributed by atoms with van der Waals surface area (Å²) >= 11 is 0. The maximum Gasteiger partial charge on any atom is 0.336 e. The Balaban J connectivity index is 1.45. The summed E-state index contributed by atoms with van der Waals surface area (Å²) in [6.45, 7) is 7.06.